The van der Waals surface area contributed by atoms with Crippen molar-refractivity contribution < 1.29 is 4.39 Å². The van der Waals surface area contributed by atoms with Gasteiger partial charge in [-0.05, 0) is 36.2 Å². The van der Waals surface area contributed by atoms with Gasteiger partial charge in [-0.2, -0.15) is 0 Å². The van der Waals surface area contributed by atoms with Crippen molar-refractivity contribution in [2.75, 3.05) is 13.6 Å². The van der Waals surface area contributed by atoms with Crippen LogP contribution in [-0.2, 0) is 13.0 Å². The van der Waals surface area contributed by atoms with E-state index in [0.717, 1.165) is 11.4 Å². The summed E-state index contributed by atoms with van der Waals surface area (Å²) in [5.74, 6) is 0.283. The summed E-state index contributed by atoms with van der Waals surface area (Å²) >= 11 is 5.85. The highest BCUT2D eigenvalue weighted by atomic mass is 35.5. The summed E-state index contributed by atoms with van der Waals surface area (Å²) in [4.78, 5) is 8.09. The molecule has 0 atom stereocenters. The first-order chi connectivity index (χ1) is 10.7. The second-order valence-corrected chi connectivity index (χ2v) is 5.10. The number of nitrogens with one attached hydrogen (secondary N) is 2. The van der Waals surface area contributed by atoms with Crippen molar-refractivity contribution in [3.8, 4) is 0 Å². The standard InChI is InChI=1S/C16H18ClFN4/c1-19-16(22-11-15-14(18)3-2-9-20-15)21-10-8-12-4-6-13(17)7-5-12/h2-7,9H,8,10-11H2,1H3,(H2,19,21,22). The molecule has 0 amide bonds. The Labute approximate surface area is 134 Å². The minimum absolute atomic E-state index is 0.285. The molecule has 0 saturated heterocycles. The number of hydrogen-bond acceptors (Lipinski definition) is 2. The molecule has 22 heavy (non-hydrogen) atoms. The average molecular weight is 321 g/mol. The maximum Gasteiger partial charge on any atom is 0.191 e. The van der Waals surface area contributed by atoms with Crippen LogP contribution in [0.4, 0.5) is 4.39 Å². The topological polar surface area (TPSA) is 49.3 Å². The van der Waals surface area contributed by atoms with Gasteiger partial charge in [-0.1, -0.05) is 23.7 Å². The lowest BCUT2D eigenvalue weighted by atomic mass is 10.1. The number of rotatable bonds is 5. The molecule has 1 aromatic heterocycles. The molecule has 2 aromatic rings. The van der Waals surface area contributed by atoms with Crippen molar-refractivity contribution in [2.24, 2.45) is 4.99 Å². The lowest BCUT2D eigenvalue weighted by Crippen LogP contribution is -2.38. The molecule has 0 unspecified atom stereocenters. The van der Waals surface area contributed by atoms with Crippen LogP contribution in [0.3, 0.4) is 0 Å². The van der Waals surface area contributed by atoms with E-state index in [1.54, 1.807) is 19.3 Å². The quantitative estimate of drug-likeness (QED) is 0.658. The summed E-state index contributed by atoms with van der Waals surface area (Å²) in [6, 6.07) is 10.7. The number of pyridine rings is 1. The lowest BCUT2D eigenvalue weighted by Gasteiger charge is -2.12. The van der Waals surface area contributed by atoms with Gasteiger partial charge in [0.25, 0.3) is 0 Å². The fraction of sp³-hybridized carbons (Fsp3) is 0.250. The zero-order chi connectivity index (χ0) is 15.8. The number of aromatic nitrogens is 1. The van der Waals surface area contributed by atoms with Crippen molar-refractivity contribution in [3.63, 3.8) is 0 Å². The third-order valence-corrected chi connectivity index (χ3v) is 3.35. The van der Waals surface area contributed by atoms with E-state index in [1.165, 1.54) is 11.6 Å². The monoisotopic (exact) mass is 320 g/mol. The number of hydrogen-bond donors (Lipinski definition) is 2. The van der Waals surface area contributed by atoms with Crippen LogP contribution in [0.5, 0.6) is 0 Å². The second-order valence-electron chi connectivity index (χ2n) is 4.66. The maximum absolute atomic E-state index is 13.5. The molecule has 0 aliphatic carbocycles. The first-order valence-corrected chi connectivity index (χ1v) is 7.35. The Balaban J connectivity index is 1.78. The summed E-state index contributed by atoms with van der Waals surface area (Å²) < 4.78 is 13.5. The van der Waals surface area contributed by atoms with E-state index in [9.17, 15) is 4.39 Å². The molecule has 1 heterocycles. The largest absolute Gasteiger partial charge is 0.356 e. The molecule has 0 aliphatic heterocycles. The zero-order valence-corrected chi connectivity index (χ0v) is 13.1. The molecule has 0 saturated carbocycles. The molecule has 6 heteroatoms. The van der Waals surface area contributed by atoms with Crippen LogP contribution in [0.2, 0.25) is 5.02 Å². The number of aliphatic imine (C=N–C) groups is 1. The number of halogens is 2. The van der Waals surface area contributed by atoms with Gasteiger partial charge in [-0.3, -0.25) is 9.98 Å². The number of nitrogens with zero attached hydrogens (tertiary/aromatic N) is 2. The highest BCUT2D eigenvalue weighted by Crippen LogP contribution is 2.09. The lowest BCUT2D eigenvalue weighted by molar-refractivity contribution is 0.592. The molecular weight excluding hydrogens is 303 g/mol. The summed E-state index contributed by atoms with van der Waals surface area (Å²) in [5, 5.41) is 6.94. The SMILES string of the molecule is CN=C(NCCc1ccc(Cl)cc1)NCc1ncccc1F. The molecule has 0 radical (unpaired) electrons. The fourth-order valence-corrected chi connectivity index (χ4v) is 2.04. The molecule has 0 bridgehead atoms. The van der Waals surface area contributed by atoms with E-state index in [4.69, 9.17) is 11.6 Å². The maximum atomic E-state index is 13.5. The van der Waals surface area contributed by atoms with Crippen LogP contribution >= 0.6 is 11.6 Å². The Hall–Kier alpha value is -2.14. The summed E-state index contributed by atoms with van der Waals surface area (Å²) in [7, 11) is 1.67. The first-order valence-electron chi connectivity index (χ1n) is 6.97. The van der Waals surface area contributed by atoms with Crippen molar-refractivity contribution >= 4 is 17.6 Å². The van der Waals surface area contributed by atoms with Crippen LogP contribution in [-0.4, -0.2) is 24.5 Å². The predicted octanol–water partition coefficient (Wildman–Crippen LogP) is 2.78. The van der Waals surface area contributed by atoms with E-state index >= 15 is 0 Å². The van der Waals surface area contributed by atoms with E-state index in [2.05, 4.69) is 20.6 Å². The third-order valence-electron chi connectivity index (χ3n) is 3.10. The molecule has 116 valence electrons. The van der Waals surface area contributed by atoms with Crippen LogP contribution in [0.25, 0.3) is 0 Å². The Morgan fingerprint density at radius 1 is 1.23 bits per heavy atom. The van der Waals surface area contributed by atoms with Gasteiger partial charge in [0, 0.05) is 24.8 Å². The Morgan fingerprint density at radius 2 is 2.00 bits per heavy atom. The zero-order valence-electron chi connectivity index (χ0n) is 12.3. The van der Waals surface area contributed by atoms with Gasteiger partial charge in [0.2, 0.25) is 0 Å². The van der Waals surface area contributed by atoms with E-state index in [0.29, 0.717) is 18.2 Å². The van der Waals surface area contributed by atoms with Gasteiger partial charge in [-0.25, -0.2) is 4.39 Å². The van der Waals surface area contributed by atoms with Gasteiger partial charge < -0.3 is 10.6 Å². The smallest absolute Gasteiger partial charge is 0.191 e. The third kappa shape index (κ3) is 5.00. The molecule has 2 N–H and O–H groups in total. The van der Waals surface area contributed by atoms with Crippen molar-refractivity contribution in [2.45, 2.75) is 13.0 Å². The van der Waals surface area contributed by atoms with Crippen LogP contribution < -0.4 is 10.6 Å². The molecule has 0 aliphatic rings. The number of benzene rings is 1. The Bertz CT molecular complexity index is 628. The Kier molecular flexibility index (Phi) is 6.15. The molecule has 0 spiro atoms. The Morgan fingerprint density at radius 3 is 2.68 bits per heavy atom. The van der Waals surface area contributed by atoms with Crippen LogP contribution in [0.1, 0.15) is 11.3 Å². The van der Waals surface area contributed by atoms with E-state index < -0.39 is 0 Å². The van der Waals surface area contributed by atoms with Gasteiger partial charge in [-0.15, -0.1) is 0 Å². The second kappa shape index (κ2) is 8.34. The van der Waals surface area contributed by atoms with Gasteiger partial charge in [0.1, 0.15) is 5.82 Å². The van der Waals surface area contributed by atoms with E-state index in [-0.39, 0.29) is 12.4 Å². The van der Waals surface area contributed by atoms with Crippen LogP contribution in [0.15, 0.2) is 47.6 Å². The minimum atomic E-state index is -0.327. The molecule has 0 fully saturated rings. The average Bonchev–Trinajstić information content (AvgIpc) is 2.54. The molecular formula is C16H18ClFN4. The molecule has 4 nitrogen and oxygen atoms in total. The van der Waals surface area contributed by atoms with Crippen molar-refractivity contribution in [3.05, 3.63) is 64.7 Å². The summed E-state index contributed by atoms with van der Waals surface area (Å²) in [6.45, 7) is 0.999. The minimum Gasteiger partial charge on any atom is -0.356 e. The molecule has 2 rings (SSSR count). The van der Waals surface area contributed by atoms with E-state index in [1.807, 2.05) is 24.3 Å². The molecule has 1 aromatic carbocycles. The predicted molar refractivity (Wildman–Crippen MR) is 87.6 cm³/mol. The van der Waals surface area contributed by atoms with Crippen molar-refractivity contribution in [1.29, 1.82) is 0 Å². The van der Waals surface area contributed by atoms with Gasteiger partial charge in [0.15, 0.2) is 5.96 Å². The summed E-state index contributed by atoms with van der Waals surface area (Å²) in [5.41, 5.74) is 1.55. The number of guanidine groups is 1. The first kappa shape index (κ1) is 16.2. The van der Waals surface area contributed by atoms with Gasteiger partial charge in [0.05, 0.1) is 12.2 Å². The van der Waals surface area contributed by atoms with Gasteiger partial charge >= 0.3 is 0 Å². The van der Waals surface area contributed by atoms with Crippen molar-refractivity contribution in [1.82, 2.24) is 15.6 Å². The highest BCUT2D eigenvalue weighted by molar-refractivity contribution is 6.30. The summed E-state index contributed by atoms with van der Waals surface area (Å²) in [6.07, 6.45) is 2.41. The highest BCUT2D eigenvalue weighted by Gasteiger charge is 2.03. The van der Waals surface area contributed by atoms with Crippen LogP contribution in [0, 0.1) is 5.82 Å². The normalized spacial score (nSPS) is 11.3. The fourth-order valence-electron chi connectivity index (χ4n) is 1.91.